The van der Waals surface area contributed by atoms with Crippen molar-refractivity contribution < 1.29 is 9.90 Å². The van der Waals surface area contributed by atoms with E-state index in [1.807, 2.05) is 0 Å². The molecule has 1 fully saturated rings. The number of hydrogen-bond acceptors (Lipinski definition) is 2. The molecule has 3 heteroatoms. The zero-order chi connectivity index (χ0) is 10.7. The average molecular weight is 197 g/mol. The SMILES string of the molecule is C=C(CN1CCC(C)CC1C)C(=O)O. The first-order chi connectivity index (χ1) is 6.50. The number of likely N-dealkylation sites (tertiary alicyclic amines) is 1. The number of aliphatic carboxylic acids is 1. The Kier molecular flexibility index (Phi) is 3.69. The molecule has 14 heavy (non-hydrogen) atoms. The molecule has 1 aliphatic rings. The van der Waals surface area contributed by atoms with E-state index < -0.39 is 5.97 Å². The first-order valence-electron chi connectivity index (χ1n) is 5.15. The molecule has 3 nitrogen and oxygen atoms in total. The van der Waals surface area contributed by atoms with Gasteiger partial charge < -0.3 is 5.11 Å². The van der Waals surface area contributed by atoms with Crippen LogP contribution in [0.5, 0.6) is 0 Å². The summed E-state index contributed by atoms with van der Waals surface area (Å²) in [5.74, 6) is -0.116. The smallest absolute Gasteiger partial charge is 0.332 e. The highest BCUT2D eigenvalue weighted by Gasteiger charge is 2.23. The summed E-state index contributed by atoms with van der Waals surface area (Å²) in [6.45, 7) is 9.47. The second-order valence-corrected chi connectivity index (χ2v) is 4.36. The maximum atomic E-state index is 10.6. The summed E-state index contributed by atoms with van der Waals surface area (Å²) in [5, 5.41) is 8.72. The third-order valence-corrected chi connectivity index (χ3v) is 2.97. The Labute approximate surface area is 85.4 Å². The number of piperidine rings is 1. The van der Waals surface area contributed by atoms with Gasteiger partial charge in [-0.3, -0.25) is 4.90 Å². The summed E-state index contributed by atoms with van der Waals surface area (Å²) >= 11 is 0. The number of carboxylic acid groups (broad SMARTS) is 1. The van der Waals surface area contributed by atoms with Gasteiger partial charge in [0.2, 0.25) is 0 Å². The third-order valence-electron chi connectivity index (χ3n) is 2.97. The second-order valence-electron chi connectivity index (χ2n) is 4.36. The van der Waals surface area contributed by atoms with Crippen LogP contribution in [-0.2, 0) is 4.79 Å². The third kappa shape index (κ3) is 2.84. The molecule has 0 spiro atoms. The maximum absolute atomic E-state index is 10.6. The van der Waals surface area contributed by atoms with Crippen LogP contribution in [0.25, 0.3) is 0 Å². The molecule has 0 saturated carbocycles. The Balaban J connectivity index is 2.45. The van der Waals surface area contributed by atoms with Gasteiger partial charge in [0.1, 0.15) is 0 Å². The lowest BCUT2D eigenvalue weighted by molar-refractivity contribution is -0.133. The molecule has 0 bridgehead atoms. The van der Waals surface area contributed by atoms with E-state index in [0.717, 1.165) is 25.3 Å². The number of rotatable bonds is 3. The Morgan fingerprint density at radius 3 is 2.71 bits per heavy atom. The maximum Gasteiger partial charge on any atom is 0.332 e. The van der Waals surface area contributed by atoms with Crippen molar-refractivity contribution in [2.24, 2.45) is 5.92 Å². The Morgan fingerprint density at radius 2 is 2.21 bits per heavy atom. The first-order valence-corrected chi connectivity index (χ1v) is 5.15. The molecule has 1 aliphatic heterocycles. The van der Waals surface area contributed by atoms with Gasteiger partial charge in [0.15, 0.2) is 0 Å². The summed E-state index contributed by atoms with van der Waals surface area (Å²) in [4.78, 5) is 12.8. The average Bonchev–Trinajstić information content (AvgIpc) is 2.09. The van der Waals surface area contributed by atoms with Crippen LogP contribution in [0.3, 0.4) is 0 Å². The minimum absolute atomic E-state index is 0.298. The minimum atomic E-state index is -0.879. The van der Waals surface area contributed by atoms with Gasteiger partial charge in [0, 0.05) is 18.2 Å². The summed E-state index contributed by atoms with van der Waals surface area (Å²) in [5.41, 5.74) is 0.298. The van der Waals surface area contributed by atoms with Gasteiger partial charge in [0.25, 0.3) is 0 Å². The summed E-state index contributed by atoms with van der Waals surface area (Å²) < 4.78 is 0. The van der Waals surface area contributed by atoms with Gasteiger partial charge in [-0.1, -0.05) is 13.5 Å². The van der Waals surface area contributed by atoms with Crippen LogP contribution in [0.2, 0.25) is 0 Å². The van der Waals surface area contributed by atoms with Gasteiger partial charge in [-0.25, -0.2) is 4.79 Å². The molecule has 2 unspecified atom stereocenters. The van der Waals surface area contributed by atoms with Crippen molar-refractivity contribution in [3.05, 3.63) is 12.2 Å². The van der Waals surface area contributed by atoms with Crippen LogP contribution in [0.1, 0.15) is 26.7 Å². The molecular weight excluding hydrogens is 178 g/mol. The first kappa shape index (κ1) is 11.2. The van der Waals surface area contributed by atoms with Crippen LogP contribution in [-0.4, -0.2) is 35.1 Å². The van der Waals surface area contributed by atoms with Gasteiger partial charge in [-0.2, -0.15) is 0 Å². The summed E-state index contributed by atoms with van der Waals surface area (Å²) in [6.07, 6.45) is 2.32. The highest BCUT2D eigenvalue weighted by Crippen LogP contribution is 2.22. The van der Waals surface area contributed by atoms with E-state index in [2.05, 4.69) is 25.3 Å². The molecule has 0 radical (unpaired) electrons. The van der Waals surface area contributed by atoms with E-state index in [0.29, 0.717) is 18.2 Å². The molecule has 80 valence electrons. The largest absolute Gasteiger partial charge is 0.478 e. The van der Waals surface area contributed by atoms with Crippen LogP contribution in [0.4, 0.5) is 0 Å². The van der Waals surface area contributed by atoms with Gasteiger partial charge in [0.05, 0.1) is 0 Å². The molecule has 1 N–H and O–H groups in total. The number of nitrogens with zero attached hydrogens (tertiary/aromatic N) is 1. The van der Waals surface area contributed by atoms with Crippen LogP contribution >= 0.6 is 0 Å². The quantitative estimate of drug-likeness (QED) is 0.701. The topological polar surface area (TPSA) is 40.5 Å². The van der Waals surface area contributed by atoms with Gasteiger partial charge >= 0.3 is 5.97 Å². The number of carboxylic acids is 1. The fraction of sp³-hybridized carbons (Fsp3) is 0.727. The highest BCUT2D eigenvalue weighted by molar-refractivity contribution is 5.86. The van der Waals surface area contributed by atoms with E-state index in [4.69, 9.17) is 5.11 Å². The summed E-state index contributed by atoms with van der Waals surface area (Å²) in [7, 11) is 0. The second kappa shape index (κ2) is 4.60. The van der Waals surface area contributed by atoms with Crippen molar-refractivity contribution in [2.75, 3.05) is 13.1 Å². The van der Waals surface area contributed by atoms with E-state index >= 15 is 0 Å². The molecule has 1 heterocycles. The molecule has 0 aromatic carbocycles. The highest BCUT2D eigenvalue weighted by atomic mass is 16.4. The van der Waals surface area contributed by atoms with Crippen molar-refractivity contribution >= 4 is 5.97 Å². The van der Waals surface area contributed by atoms with Gasteiger partial charge in [-0.15, -0.1) is 0 Å². The van der Waals surface area contributed by atoms with E-state index in [1.165, 1.54) is 0 Å². The number of carbonyl (C=O) groups is 1. The van der Waals surface area contributed by atoms with Crippen LogP contribution in [0.15, 0.2) is 12.2 Å². The number of hydrogen-bond donors (Lipinski definition) is 1. The molecule has 1 rings (SSSR count). The molecule has 1 saturated heterocycles. The van der Waals surface area contributed by atoms with Gasteiger partial charge in [-0.05, 0) is 32.2 Å². The lowest BCUT2D eigenvalue weighted by atomic mass is 9.93. The standard InChI is InChI=1S/C11H19NO2/c1-8-4-5-12(10(3)6-8)7-9(2)11(13)14/h8,10H,2,4-7H2,1,3H3,(H,13,14). The van der Waals surface area contributed by atoms with Crippen LogP contribution in [0, 0.1) is 5.92 Å². The fourth-order valence-electron chi connectivity index (χ4n) is 2.00. The zero-order valence-electron chi connectivity index (χ0n) is 8.99. The zero-order valence-corrected chi connectivity index (χ0v) is 8.99. The lowest BCUT2D eigenvalue weighted by Gasteiger charge is -2.36. The van der Waals surface area contributed by atoms with Crippen LogP contribution < -0.4 is 0 Å². The van der Waals surface area contributed by atoms with Crippen molar-refractivity contribution in [3.63, 3.8) is 0 Å². The molecule has 0 amide bonds. The summed E-state index contributed by atoms with van der Waals surface area (Å²) in [6, 6.07) is 0.481. The fourth-order valence-corrected chi connectivity index (χ4v) is 2.00. The molecule has 0 aliphatic carbocycles. The van der Waals surface area contributed by atoms with E-state index in [1.54, 1.807) is 0 Å². The van der Waals surface area contributed by atoms with E-state index in [-0.39, 0.29) is 0 Å². The Hall–Kier alpha value is -0.830. The molecule has 2 atom stereocenters. The molecule has 0 aromatic rings. The van der Waals surface area contributed by atoms with Crippen molar-refractivity contribution in [1.29, 1.82) is 0 Å². The van der Waals surface area contributed by atoms with Crippen molar-refractivity contribution in [3.8, 4) is 0 Å². The Bertz CT molecular complexity index is 237. The molecule has 0 aromatic heterocycles. The normalized spacial score (nSPS) is 28.7. The monoisotopic (exact) mass is 197 g/mol. The minimum Gasteiger partial charge on any atom is -0.478 e. The molecular formula is C11H19NO2. The lowest BCUT2D eigenvalue weighted by Crippen LogP contribution is -2.41. The van der Waals surface area contributed by atoms with Crippen molar-refractivity contribution in [2.45, 2.75) is 32.7 Å². The van der Waals surface area contributed by atoms with Crippen molar-refractivity contribution in [1.82, 2.24) is 4.90 Å². The predicted octanol–water partition coefficient (Wildman–Crippen LogP) is 1.75. The van der Waals surface area contributed by atoms with E-state index in [9.17, 15) is 4.79 Å². The Morgan fingerprint density at radius 1 is 1.57 bits per heavy atom. The predicted molar refractivity (Wildman–Crippen MR) is 56.2 cm³/mol.